The molecular weight excluding hydrogens is 320 g/mol. The van der Waals surface area contributed by atoms with Gasteiger partial charge in [-0.15, -0.1) is 16.8 Å². The molecule has 24 heavy (non-hydrogen) atoms. The van der Waals surface area contributed by atoms with Crippen LogP contribution in [0.25, 0.3) is 0 Å². The maximum Gasteiger partial charge on any atom is 0.191 e. The van der Waals surface area contributed by atoms with Crippen LogP contribution in [0.4, 0.5) is 0 Å². The molecule has 130 valence electrons. The molecule has 2 aromatic rings. The van der Waals surface area contributed by atoms with Crippen LogP contribution in [0.15, 0.2) is 30.3 Å². The van der Waals surface area contributed by atoms with Crippen molar-refractivity contribution in [2.24, 2.45) is 0 Å². The molecule has 1 saturated heterocycles. The standard InChI is InChI=1S/C17H26N6S/c1-4-9-22-16(14-5-7-18-8-6-14)20-21-17(22)24-11-15-10-19-12-23(15)13(2)3/h4,10,12-14,18H,1,5-9,11H2,2-3H3. The van der Waals surface area contributed by atoms with Gasteiger partial charge in [0.1, 0.15) is 5.82 Å². The molecule has 1 N–H and O–H groups in total. The van der Waals surface area contributed by atoms with Crippen LogP contribution in [0.3, 0.4) is 0 Å². The van der Waals surface area contributed by atoms with Crippen LogP contribution in [0.5, 0.6) is 0 Å². The number of hydrogen-bond acceptors (Lipinski definition) is 5. The largest absolute Gasteiger partial charge is 0.331 e. The van der Waals surface area contributed by atoms with Crippen molar-refractivity contribution in [3.05, 3.63) is 36.7 Å². The Kier molecular flexibility index (Phi) is 5.73. The normalized spacial score (nSPS) is 16.0. The highest BCUT2D eigenvalue weighted by Crippen LogP contribution is 2.29. The zero-order valence-electron chi connectivity index (χ0n) is 14.5. The fourth-order valence-corrected chi connectivity index (χ4v) is 4.06. The fourth-order valence-electron chi connectivity index (χ4n) is 3.14. The number of imidazole rings is 1. The van der Waals surface area contributed by atoms with E-state index < -0.39 is 0 Å². The Labute approximate surface area is 147 Å². The van der Waals surface area contributed by atoms with Gasteiger partial charge in [-0.3, -0.25) is 0 Å². The van der Waals surface area contributed by atoms with Gasteiger partial charge in [0, 0.05) is 36.1 Å². The Hall–Kier alpha value is -1.60. The zero-order valence-corrected chi connectivity index (χ0v) is 15.3. The number of allylic oxidation sites excluding steroid dienone is 1. The van der Waals surface area contributed by atoms with Crippen LogP contribution in [-0.4, -0.2) is 37.4 Å². The van der Waals surface area contributed by atoms with E-state index in [9.17, 15) is 0 Å². The second-order valence-electron chi connectivity index (χ2n) is 6.44. The van der Waals surface area contributed by atoms with Crippen molar-refractivity contribution in [3.8, 4) is 0 Å². The Morgan fingerprint density at radius 1 is 1.38 bits per heavy atom. The minimum atomic E-state index is 0.416. The molecular formula is C17H26N6S. The van der Waals surface area contributed by atoms with E-state index in [0.29, 0.717) is 12.0 Å². The summed E-state index contributed by atoms with van der Waals surface area (Å²) in [7, 11) is 0. The van der Waals surface area contributed by atoms with Gasteiger partial charge < -0.3 is 14.5 Å². The molecule has 1 aliphatic rings. The minimum Gasteiger partial charge on any atom is -0.331 e. The van der Waals surface area contributed by atoms with E-state index in [2.05, 4.69) is 50.1 Å². The van der Waals surface area contributed by atoms with Crippen molar-refractivity contribution in [2.75, 3.05) is 13.1 Å². The monoisotopic (exact) mass is 346 g/mol. The van der Waals surface area contributed by atoms with Gasteiger partial charge in [0.15, 0.2) is 5.16 Å². The smallest absolute Gasteiger partial charge is 0.191 e. The SMILES string of the molecule is C=CCn1c(SCc2cncn2C(C)C)nnc1C1CCNCC1. The number of nitrogens with one attached hydrogen (secondary N) is 1. The van der Waals surface area contributed by atoms with Gasteiger partial charge in [0.25, 0.3) is 0 Å². The Morgan fingerprint density at radius 3 is 2.88 bits per heavy atom. The second kappa shape index (κ2) is 7.98. The average molecular weight is 347 g/mol. The van der Waals surface area contributed by atoms with Gasteiger partial charge in [-0.1, -0.05) is 17.8 Å². The van der Waals surface area contributed by atoms with Crippen molar-refractivity contribution in [1.29, 1.82) is 0 Å². The summed E-state index contributed by atoms with van der Waals surface area (Å²) >= 11 is 1.73. The predicted octanol–water partition coefficient (Wildman–Crippen LogP) is 3.00. The summed E-state index contributed by atoms with van der Waals surface area (Å²) in [5.41, 5.74) is 1.21. The van der Waals surface area contributed by atoms with E-state index in [1.54, 1.807) is 11.8 Å². The van der Waals surface area contributed by atoms with Gasteiger partial charge in [0.2, 0.25) is 0 Å². The van der Waals surface area contributed by atoms with Crippen LogP contribution >= 0.6 is 11.8 Å². The number of aromatic nitrogens is 5. The summed E-state index contributed by atoms with van der Waals surface area (Å²) in [6, 6.07) is 0.416. The second-order valence-corrected chi connectivity index (χ2v) is 7.38. The molecule has 0 aliphatic carbocycles. The number of nitrogens with zero attached hydrogens (tertiary/aromatic N) is 5. The van der Waals surface area contributed by atoms with E-state index in [0.717, 1.165) is 49.2 Å². The molecule has 0 atom stereocenters. The Balaban J connectivity index is 1.76. The molecule has 1 fully saturated rings. The topological polar surface area (TPSA) is 60.6 Å². The van der Waals surface area contributed by atoms with E-state index >= 15 is 0 Å². The highest BCUT2D eigenvalue weighted by atomic mass is 32.2. The molecule has 0 amide bonds. The maximum absolute atomic E-state index is 4.51. The van der Waals surface area contributed by atoms with Crippen LogP contribution in [0, 0.1) is 0 Å². The number of rotatable bonds is 7. The van der Waals surface area contributed by atoms with E-state index in [1.807, 2.05) is 18.6 Å². The zero-order chi connectivity index (χ0) is 16.9. The summed E-state index contributed by atoms with van der Waals surface area (Å²) in [6.07, 6.45) is 8.01. The minimum absolute atomic E-state index is 0.416. The lowest BCUT2D eigenvalue weighted by Crippen LogP contribution is -2.28. The van der Waals surface area contributed by atoms with Crippen molar-refractivity contribution in [2.45, 2.75) is 56.1 Å². The molecule has 0 spiro atoms. The van der Waals surface area contributed by atoms with Crippen LogP contribution in [-0.2, 0) is 12.3 Å². The van der Waals surface area contributed by atoms with Crippen molar-refractivity contribution in [1.82, 2.24) is 29.6 Å². The van der Waals surface area contributed by atoms with Crippen molar-refractivity contribution >= 4 is 11.8 Å². The first kappa shape index (κ1) is 17.2. The lowest BCUT2D eigenvalue weighted by molar-refractivity contribution is 0.431. The van der Waals surface area contributed by atoms with E-state index in [-0.39, 0.29) is 0 Å². The predicted molar refractivity (Wildman–Crippen MR) is 97.2 cm³/mol. The number of piperidine rings is 1. The molecule has 0 saturated carbocycles. The summed E-state index contributed by atoms with van der Waals surface area (Å²) in [5.74, 6) is 2.45. The van der Waals surface area contributed by atoms with Crippen LogP contribution in [0.1, 0.15) is 50.2 Å². The van der Waals surface area contributed by atoms with Crippen LogP contribution in [0.2, 0.25) is 0 Å². The maximum atomic E-state index is 4.51. The van der Waals surface area contributed by atoms with Gasteiger partial charge in [-0.05, 0) is 39.8 Å². The molecule has 0 unspecified atom stereocenters. The van der Waals surface area contributed by atoms with Gasteiger partial charge in [0.05, 0.1) is 6.33 Å². The first-order valence-electron chi connectivity index (χ1n) is 8.59. The molecule has 3 heterocycles. The molecule has 3 rings (SSSR count). The third-order valence-corrected chi connectivity index (χ3v) is 5.41. The van der Waals surface area contributed by atoms with E-state index in [1.165, 1.54) is 5.69 Å². The number of thioether (sulfide) groups is 1. The number of hydrogen-bond donors (Lipinski definition) is 1. The highest BCUT2D eigenvalue weighted by molar-refractivity contribution is 7.98. The fraction of sp³-hybridized carbons (Fsp3) is 0.588. The first-order chi connectivity index (χ1) is 11.7. The third kappa shape index (κ3) is 3.72. The third-order valence-electron chi connectivity index (χ3n) is 4.41. The molecule has 0 radical (unpaired) electrons. The molecule has 0 bridgehead atoms. The molecule has 6 nitrogen and oxygen atoms in total. The average Bonchev–Trinajstić information content (AvgIpc) is 3.21. The quantitative estimate of drug-likeness (QED) is 0.617. The first-order valence-corrected chi connectivity index (χ1v) is 9.57. The summed E-state index contributed by atoms with van der Waals surface area (Å²) in [5, 5.41) is 13.4. The Bertz CT molecular complexity index is 668. The Morgan fingerprint density at radius 2 is 2.17 bits per heavy atom. The summed E-state index contributed by atoms with van der Waals surface area (Å²) in [6.45, 7) is 11.1. The lowest BCUT2D eigenvalue weighted by Gasteiger charge is -2.22. The van der Waals surface area contributed by atoms with Gasteiger partial charge >= 0.3 is 0 Å². The lowest BCUT2D eigenvalue weighted by atomic mass is 9.97. The van der Waals surface area contributed by atoms with Gasteiger partial charge in [-0.2, -0.15) is 0 Å². The van der Waals surface area contributed by atoms with Crippen molar-refractivity contribution in [3.63, 3.8) is 0 Å². The molecule has 7 heteroatoms. The molecule has 2 aromatic heterocycles. The molecule has 0 aromatic carbocycles. The highest BCUT2D eigenvalue weighted by Gasteiger charge is 2.23. The van der Waals surface area contributed by atoms with Crippen LogP contribution < -0.4 is 5.32 Å². The molecule has 1 aliphatic heterocycles. The van der Waals surface area contributed by atoms with Gasteiger partial charge in [-0.25, -0.2) is 4.98 Å². The van der Waals surface area contributed by atoms with E-state index in [4.69, 9.17) is 0 Å². The summed E-state index contributed by atoms with van der Waals surface area (Å²) in [4.78, 5) is 4.28. The summed E-state index contributed by atoms with van der Waals surface area (Å²) < 4.78 is 4.43. The van der Waals surface area contributed by atoms with Crippen molar-refractivity contribution < 1.29 is 0 Å².